The molecule has 3 rings (SSSR count). The van der Waals surface area contributed by atoms with Crippen molar-refractivity contribution in [3.8, 4) is 11.4 Å². The number of nitrogens with zero attached hydrogens (tertiary/aromatic N) is 4. The van der Waals surface area contributed by atoms with Crippen molar-refractivity contribution in [3.63, 3.8) is 0 Å². The van der Waals surface area contributed by atoms with E-state index in [2.05, 4.69) is 38.9 Å². The van der Waals surface area contributed by atoms with Crippen LogP contribution in [0.4, 0.5) is 0 Å². The van der Waals surface area contributed by atoms with Gasteiger partial charge in [0.15, 0.2) is 11.0 Å². The summed E-state index contributed by atoms with van der Waals surface area (Å²) in [5.41, 5.74) is 1.02. The molecule has 0 aliphatic heterocycles. The van der Waals surface area contributed by atoms with Crippen LogP contribution in [0.1, 0.15) is 64.8 Å². The van der Waals surface area contributed by atoms with Gasteiger partial charge in [0.05, 0.1) is 5.75 Å². The Balaban J connectivity index is 1.54. The minimum atomic E-state index is 0.0683. The standard InChI is InChI=1S/C20H29N5OS/c1-3-4-5-6-7-15(2)22-18(26)14-27-20-24-23-19(25(20)17-8-9-17)16-10-12-21-13-11-16/h10-13,15,17H,3-9,14H2,1-2H3,(H,22,26)/t15-/m1/s1. The van der Waals surface area contributed by atoms with Crippen molar-refractivity contribution in [2.24, 2.45) is 0 Å². The molecule has 2 aromatic heterocycles. The van der Waals surface area contributed by atoms with Crippen LogP contribution in [-0.2, 0) is 4.79 Å². The number of thioether (sulfide) groups is 1. The molecule has 27 heavy (non-hydrogen) atoms. The maximum absolute atomic E-state index is 12.3. The number of carbonyl (C=O) groups is 1. The number of carbonyl (C=O) groups excluding carboxylic acids is 1. The average Bonchev–Trinajstić information content (AvgIpc) is 3.43. The molecular formula is C20H29N5OS. The minimum absolute atomic E-state index is 0.0683. The Kier molecular flexibility index (Phi) is 7.26. The highest BCUT2D eigenvalue weighted by atomic mass is 32.2. The number of hydrogen-bond acceptors (Lipinski definition) is 5. The van der Waals surface area contributed by atoms with Gasteiger partial charge in [0.1, 0.15) is 0 Å². The van der Waals surface area contributed by atoms with Crippen LogP contribution in [-0.4, -0.2) is 37.5 Å². The zero-order valence-electron chi connectivity index (χ0n) is 16.2. The molecule has 6 nitrogen and oxygen atoms in total. The van der Waals surface area contributed by atoms with E-state index in [0.29, 0.717) is 11.8 Å². The van der Waals surface area contributed by atoms with E-state index in [9.17, 15) is 4.79 Å². The molecule has 1 aliphatic carbocycles. The van der Waals surface area contributed by atoms with Gasteiger partial charge in [-0.15, -0.1) is 10.2 Å². The number of amides is 1. The van der Waals surface area contributed by atoms with E-state index >= 15 is 0 Å². The highest BCUT2D eigenvalue weighted by molar-refractivity contribution is 7.99. The Morgan fingerprint density at radius 3 is 2.74 bits per heavy atom. The Bertz CT molecular complexity index is 729. The number of pyridine rings is 1. The van der Waals surface area contributed by atoms with Crippen molar-refractivity contribution >= 4 is 17.7 Å². The summed E-state index contributed by atoms with van der Waals surface area (Å²) in [5.74, 6) is 1.31. The van der Waals surface area contributed by atoms with E-state index in [0.717, 1.165) is 35.8 Å². The second-order valence-electron chi connectivity index (χ2n) is 7.25. The molecule has 1 fully saturated rings. The monoisotopic (exact) mass is 387 g/mol. The molecule has 0 saturated heterocycles. The summed E-state index contributed by atoms with van der Waals surface area (Å²) in [6, 6.07) is 4.57. The third-order valence-corrected chi connectivity index (χ3v) is 5.69. The molecule has 2 heterocycles. The fraction of sp³-hybridized carbons (Fsp3) is 0.600. The first-order valence-electron chi connectivity index (χ1n) is 9.96. The lowest BCUT2D eigenvalue weighted by Gasteiger charge is -2.14. The average molecular weight is 388 g/mol. The number of nitrogens with one attached hydrogen (secondary N) is 1. The molecule has 0 bridgehead atoms. The van der Waals surface area contributed by atoms with Gasteiger partial charge in [0.2, 0.25) is 5.91 Å². The fourth-order valence-electron chi connectivity index (χ4n) is 3.13. The first kappa shape index (κ1) is 19.9. The van der Waals surface area contributed by atoms with E-state index in [4.69, 9.17) is 0 Å². The minimum Gasteiger partial charge on any atom is -0.353 e. The molecule has 146 valence electrons. The Labute approximate surface area is 165 Å². The lowest BCUT2D eigenvalue weighted by molar-refractivity contribution is -0.119. The van der Waals surface area contributed by atoms with Crippen molar-refractivity contribution in [1.29, 1.82) is 0 Å². The fourth-order valence-corrected chi connectivity index (χ4v) is 3.95. The predicted octanol–water partition coefficient (Wildman–Crippen LogP) is 4.24. The lowest BCUT2D eigenvalue weighted by atomic mass is 10.1. The second-order valence-corrected chi connectivity index (χ2v) is 8.19. The molecule has 1 N–H and O–H groups in total. The van der Waals surface area contributed by atoms with E-state index < -0.39 is 0 Å². The summed E-state index contributed by atoms with van der Waals surface area (Å²) < 4.78 is 2.18. The zero-order valence-corrected chi connectivity index (χ0v) is 17.0. The molecule has 2 aromatic rings. The van der Waals surface area contributed by atoms with Gasteiger partial charge in [-0.25, -0.2) is 0 Å². The Hall–Kier alpha value is -1.89. The summed E-state index contributed by atoms with van der Waals surface area (Å²) in [7, 11) is 0. The van der Waals surface area contributed by atoms with E-state index in [1.54, 1.807) is 12.4 Å². The van der Waals surface area contributed by atoms with Crippen molar-refractivity contribution in [2.75, 3.05) is 5.75 Å². The number of unbranched alkanes of at least 4 members (excludes halogenated alkanes) is 3. The summed E-state index contributed by atoms with van der Waals surface area (Å²) in [5, 5.41) is 12.7. The summed E-state index contributed by atoms with van der Waals surface area (Å²) >= 11 is 1.47. The van der Waals surface area contributed by atoms with E-state index in [1.165, 1.54) is 37.4 Å². The third kappa shape index (κ3) is 5.79. The molecular weight excluding hydrogens is 358 g/mol. The van der Waals surface area contributed by atoms with Crippen molar-refractivity contribution < 1.29 is 4.79 Å². The maximum Gasteiger partial charge on any atom is 0.230 e. The first-order valence-corrected chi connectivity index (χ1v) is 10.9. The summed E-state index contributed by atoms with van der Waals surface area (Å²) in [6.07, 6.45) is 11.8. The van der Waals surface area contributed by atoms with Crippen LogP contribution >= 0.6 is 11.8 Å². The summed E-state index contributed by atoms with van der Waals surface area (Å²) in [4.78, 5) is 16.4. The van der Waals surface area contributed by atoms with Crippen LogP contribution in [0.3, 0.4) is 0 Å². The smallest absolute Gasteiger partial charge is 0.230 e. The van der Waals surface area contributed by atoms with Crippen LogP contribution in [0.5, 0.6) is 0 Å². The SMILES string of the molecule is CCCCCC[C@@H](C)NC(=O)CSc1nnc(-c2ccncc2)n1C1CC1. The molecule has 0 radical (unpaired) electrons. The van der Waals surface area contributed by atoms with Crippen LogP contribution in [0.2, 0.25) is 0 Å². The molecule has 0 aromatic carbocycles. The molecule has 1 amide bonds. The Morgan fingerprint density at radius 1 is 1.26 bits per heavy atom. The first-order chi connectivity index (χ1) is 13.2. The van der Waals surface area contributed by atoms with Gasteiger partial charge in [-0.2, -0.15) is 0 Å². The normalized spacial score (nSPS) is 14.9. The third-order valence-electron chi connectivity index (χ3n) is 4.75. The Morgan fingerprint density at radius 2 is 2.04 bits per heavy atom. The van der Waals surface area contributed by atoms with Crippen molar-refractivity contribution in [3.05, 3.63) is 24.5 Å². The zero-order chi connectivity index (χ0) is 19.1. The molecule has 0 spiro atoms. The van der Waals surface area contributed by atoms with Crippen LogP contribution < -0.4 is 5.32 Å². The number of aromatic nitrogens is 4. The molecule has 1 saturated carbocycles. The van der Waals surface area contributed by atoms with Crippen molar-refractivity contribution in [1.82, 2.24) is 25.1 Å². The van der Waals surface area contributed by atoms with Gasteiger partial charge < -0.3 is 5.32 Å². The van der Waals surface area contributed by atoms with Crippen molar-refractivity contribution in [2.45, 2.75) is 76.0 Å². The molecule has 1 atom stereocenters. The van der Waals surface area contributed by atoms with E-state index in [1.807, 2.05) is 12.1 Å². The quantitative estimate of drug-likeness (QED) is 0.461. The lowest BCUT2D eigenvalue weighted by Crippen LogP contribution is -2.33. The maximum atomic E-state index is 12.3. The van der Waals surface area contributed by atoms with Gasteiger partial charge in [-0.05, 0) is 38.3 Å². The number of hydrogen-bond donors (Lipinski definition) is 1. The highest BCUT2D eigenvalue weighted by Crippen LogP contribution is 2.40. The number of rotatable bonds is 11. The van der Waals surface area contributed by atoms with Gasteiger partial charge in [-0.3, -0.25) is 14.3 Å². The molecule has 1 aliphatic rings. The van der Waals surface area contributed by atoms with Crippen LogP contribution in [0.25, 0.3) is 11.4 Å². The molecule has 7 heteroatoms. The largest absolute Gasteiger partial charge is 0.353 e. The van der Waals surface area contributed by atoms with Gasteiger partial charge in [0.25, 0.3) is 0 Å². The van der Waals surface area contributed by atoms with Crippen LogP contribution in [0, 0.1) is 0 Å². The second kappa shape index (κ2) is 9.88. The predicted molar refractivity (Wildman–Crippen MR) is 109 cm³/mol. The van der Waals surface area contributed by atoms with Gasteiger partial charge in [-0.1, -0.05) is 44.4 Å². The van der Waals surface area contributed by atoms with Gasteiger partial charge in [0, 0.05) is 30.0 Å². The topological polar surface area (TPSA) is 72.7 Å². The van der Waals surface area contributed by atoms with Crippen LogP contribution in [0.15, 0.2) is 29.7 Å². The molecule has 0 unspecified atom stereocenters. The summed E-state index contributed by atoms with van der Waals surface area (Å²) in [6.45, 7) is 4.30. The highest BCUT2D eigenvalue weighted by Gasteiger charge is 2.30. The van der Waals surface area contributed by atoms with E-state index in [-0.39, 0.29) is 11.9 Å². The van der Waals surface area contributed by atoms with Gasteiger partial charge >= 0.3 is 0 Å².